The third-order valence-electron chi connectivity index (χ3n) is 4.25. The van der Waals surface area contributed by atoms with Gasteiger partial charge in [0.1, 0.15) is 0 Å². The zero-order chi connectivity index (χ0) is 13.5. The number of carbonyl (C=O) groups excluding carboxylic acids is 1. The Balaban J connectivity index is 1.46. The maximum Gasteiger partial charge on any atom is 0.254 e. The number of hydrogen-bond acceptors (Lipinski definition) is 3. The fourth-order valence-electron chi connectivity index (χ4n) is 3.03. The second-order valence-corrected chi connectivity index (χ2v) is 5.49. The van der Waals surface area contributed by atoms with Crippen molar-refractivity contribution in [3.8, 4) is 5.69 Å². The second-order valence-electron chi connectivity index (χ2n) is 5.49. The number of hydrogen-bond donors (Lipinski definition) is 2. The van der Waals surface area contributed by atoms with Crippen LogP contribution in [0.2, 0.25) is 0 Å². The predicted molar refractivity (Wildman–Crippen MR) is 74.7 cm³/mol. The van der Waals surface area contributed by atoms with E-state index in [1.807, 2.05) is 30.3 Å². The lowest BCUT2D eigenvalue weighted by atomic mass is 10.3. The molecule has 102 valence electrons. The lowest BCUT2D eigenvalue weighted by molar-refractivity contribution is 0.0946. The van der Waals surface area contributed by atoms with Gasteiger partial charge in [0.15, 0.2) is 0 Å². The lowest BCUT2D eigenvalue weighted by Crippen LogP contribution is -2.32. The number of rotatable bonds is 3. The zero-order valence-electron chi connectivity index (χ0n) is 11.0. The molecule has 2 heterocycles. The molecule has 1 aromatic carbocycles. The van der Waals surface area contributed by atoms with Gasteiger partial charge in [-0.05, 0) is 24.0 Å². The minimum Gasteiger partial charge on any atom is -0.349 e. The molecular formula is C15H16N4O. The molecular weight excluding hydrogens is 252 g/mol. The van der Waals surface area contributed by atoms with Crippen LogP contribution in [0.4, 0.5) is 0 Å². The van der Waals surface area contributed by atoms with Gasteiger partial charge in [0, 0.05) is 25.3 Å². The van der Waals surface area contributed by atoms with Gasteiger partial charge < -0.3 is 10.6 Å². The van der Waals surface area contributed by atoms with Crippen LogP contribution in [0.1, 0.15) is 10.4 Å². The smallest absolute Gasteiger partial charge is 0.254 e. The van der Waals surface area contributed by atoms with Gasteiger partial charge in [-0.1, -0.05) is 18.2 Å². The largest absolute Gasteiger partial charge is 0.349 e. The Labute approximate surface area is 117 Å². The summed E-state index contributed by atoms with van der Waals surface area (Å²) in [6.45, 7) is 2.05. The van der Waals surface area contributed by atoms with Crippen molar-refractivity contribution >= 4 is 5.91 Å². The molecule has 1 saturated carbocycles. The van der Waals surface area contributed by atoms with Gasteiger partial charge in [-0.25, -0.2) is 4.68 Å². The van der Waals surface area contributed by atoms with Crippen molar-refractivity contribution in [3.63, 3.8) is 0 Å². The molecule has 20 heavy (non-hydrogen) atoms. The summed E-state index contributed by atoms with van der Waals surface area (Å²) >= 11 is 0. The summed E-state index contributed by atoms with van der Waals surface area (Å²) in [7, 11) is 0. The Morgan fingerprint density at radius 3 is 2.75 bits per heavy atom. The van der Waals surface area contributed by atoms with Crippen LogP contribution in [0.3, 0.4) is 0 Å². The highest BCUT2D eigenvalue weighted by Gasteiger charge is 2.53. The summed E-state index contributed by atoms with van der Waals surface area (Å²) in [6, 6.07) is 10.1. The van der Waals surface area contributed by atoms with Gasteiger partial charge in [-0.2, -0.15) is 5.10 Å². The summed E-state index contributed by atoms with van der Waals surface area (Å²) in [5.41, 5.74) is 1.57. The van der Waals surface area contributed by atoms with E-state index in [0.29, 0.717) is 23.4 Å². The summed E-state index contributed by atoms with van der Waals surface area (Å²) in [5, 5.41) is 10.7. The van der Waals surface area contributed by atoms with Gasteiger partial charge >= 0.3 is 0 Å². The summed E-state index contributed by atoms with van der Waals surface area (Å²) in [5.74, 6) is 1.23. The van der Waals surface area contributed by atoms with Crippen LogP contribution < -0.4 is 10.6 Å². The fourth-order valence-corrected chi connectivity index (χ4v) is 3.03. The SMILES string of the molecule is O=C(NC1C2CNCC21)c1cnn(-c2ccccc2)c1. The molecule has 2 fully saturated rings. The van der Waals surface area contributed by atoms with Gasteiger partial charge in [0.2, 0.25) is 0 Å². The highest BCUT2D eigenvalue weighted by atomic mass is 16.1. The topological polar surface area (TPSA) is 59.0 Å². The van der Waals surface area contributed by atoms with Gasteiger partial charge in [0.25, 0.3) is 5.91 Å². The fraction of sp³-hybridized carbons (Fsp3) is 0.333. The highest BCUT2D eigenvalue weighted by molar-refractivity contribution is 5.94. The van der Waals surface area contributed by atoms with Crippen molar-refractivity contribution in [2.45, 2.75) is 6.04 Å². The van der Waals surface area contributed by atoms with Gasteiger partial charge in [-0.3, -0.25) is 4.79 Å². The first kappa shape index (κ1) is 11.7. The van der Waals surface area contributed by atoms with Crippen molar-refractivity contribution in [3.05, 3.63) is 48.3 Å². The number of carbonyl (C=O) groups is 1. The lowest BCUT2D eigenvalue weighted by Gasteiger charge is -2.06. The molecule has 2 aliphatic rings. The van der Waals surface area contributed by atoms with E-state index in [1.165, 1.54) is 0 Å². The molecule has 1 aromatic heterocycles. The van der Waals surface area contributed by atoms with E-state index in [4.69, 9.17) is 0 Å². The molecule has 0 radical (unpaired) electrons. The summed E-state index contributed by atoms with van der Waals surface area (Å²) < 4.78 is 1.73. The normalized spacial score (nSPS) is 27.1. The molecule has 1 amide bonds. The van der Waals surface area contributed by atoms with Crippen LogP contribution in [-0.4, -0.2) is 34.8 Å². The molecule has 1 aliphatic carbocycles. The number of nitrogens with zero attached hydrogens (tertiary/aromatic N) is 2. The van der Waals surface area contributed by atoms with Crippen LogP contribution in [-0.2, 0) is 0 Å². The van der Waals surface area contributed by atoms with Crippen LogP contribution in [0.25, 0.3) is 5.69 Å². The molecule has 5 heteroatoms. The van der Waals surface area contributed by atoms with E-state index in [0.717, 1.165) is 18.8 Å². The van der Waals surface area contributed by atoms with E-state index < -0.39 is 0 Å². The Bertz CT molecular complexity index is 626. The van der Waals surface area contributed by atoms with Crippen LogP contribution in [0, 0.1) is 11.8 Å². The molecule has 2 aromatic rings. The second kappa shape index (κ2) is 4.45. The minimum absolute atomic E-state index is 0.0217. The average molecular weight is 268 g/mol. The van der Waals surface area contributed by atoms with Crippen LogP contribution in [0.15, 0.2) is 42.7 Å². The number of amides is 1. The van der Waals surface area contributed by atoms with E-state index in [-0.39, 0.29) is 5.91 Å². The first-order valence-electron chi connectivity index (χ1n) is 6.94. The molecule has 5 nitrogen and oxygen atoms in total. The van der Waals surface area contributed by atoms with Crippen LogP contribution >= 0.6 is 0 Å². The molecule has 2 unspecified atom stereocenters. The Kier molecular flexibility index (Phi) is 2.60. The molecule has 2 N–H and O–H groups in total. The Morgan fingerprint density at radius 1 is 1.25 bits per heavy atom. The highest BCUT2D eigenvalue weighted by Crippen LogP contribution is 2.41. The quantitative estimate of drug-likeness (QED) is 0.866. The molecule has 0 bridgehead atoms. The van der Waals surface area contributed by atoms with Crippen molar-refractivity contribution in [1.82, 2.24) is 20.4 Å². The third kappa shape index (κ3) is 1.91. The zero-order valence-corrected chi connectivity index (χ0v) is 11.0. The minimum atomic E-state index is -0.0217. The molecule has 0 spiro atoms. The standard InChI is InChI=1S/C15H16N4O/c20-15(18-14-12-7-16-8-13(12)14)10-6-17-19(9-10)11-4-2-1-3-5-11/h1-6,9,12-14,16H,7-8H2,(H,18,20). The number of para-hydroxylation sites is 1. The van der Waals surface area contributed by atoms with Crippen molar-refractivity contribution in [2.24, 2.45) is 11.8 Å². The third-order valence-corrected chi connectivity index (χ3v) is 4.25. The number of fused-ring (bicyclic) bond motifs is 1. The summed E-state index contributed by atoms with van der Waals surface area (Å²) in [6.07, 6.45) is 3.40. The van der Waals surface area contributed by atoms with E-state index >= 15 is 0 Å². The predicted octanol–water partition coefficient (Wildman–Crippen LogP) is 0.820. The molecule has 1 aliphatic heterocycles. The first-order valence-corrected chi connectivity index (χ1v) is 6.94. The van der Waals surface area contributed by atoms with Gasteiger partial charge in [0.05, 0.1) is 17.4 Å². The molecule has 4 rings (SSSR count). The van der Waals surface area contributed by atoms with Crippen molar-refractivity contribution in [2.75, 3.05) is 13.1 Å². The number of nitrogens with one attached hydrogen (secondary N) is 2. The number of piperidine rings is 1. The average Bonchev–Trinajstić information content (AvgIpc) is 2.96. The van der Waals surface area contributed by atoms with E-state index in [2.05, 4.69) is 15.7 Å². The molecule has 2 atom stereocenters. The van der Waals surface area contributed by atoms with E-state index in [9.17, 15) is 4.79 Å². The van der Waals surface area contributed by atoms with Crippen LogP contribution in [0.5, 0.6) is 0 Å². The summed E-state index contributed by atoms with van der Waals surface area (Å²) in [4.78, 5) is 12.2. The van der Waals surface area contributed by atoms with Crippen molar-refractivity contribution in [1.29, 1.82) is 0 Å². The first-order chi connectivity index (χ1) is 9.83. The maximum atomic E-state index is 12.2. The van der Waals surface area contributed by atoms with E-state index in [1.54, 1.807) is 17.1 Å². The van der Waals surface area contributed by atoms with Crippen molar-refractivity contribution < 1.29 is 4.79 Å². The maximum absolute atomic E-state index is 12.2. The molecule has 1 saturated heterocycles. The monoisotopic (exact) mass is 268 g/mol. The number of benzene rings is 1. The number of aromatic nitrogens is 2. The Morgan fingerprint density at radius 2 is 2.00 bits per heavy atom. The van der Waals surface area contributed by atoms with Gasteiger partial charge in [-0.15, -0.1) is 0 Å². The Hall–Kier alpha value is -2.14.